The maximum absolute atomic E-state index is 12.2. The molecule has 142 valence electrons. The minimum Gasteiger partial charge on any atom is -0.508 e. The predicted molar refractivity (Wildman–Crippen MR) is 108 cm³/mol. The lowest BCUT2D eigenvalue weighted by Gasteiger charge is -2.10. The van der Waals surface area contributed by atoms with Gasteiger partial charge in [0, 0.05) is 5.69 Å². The molecule has 0 radical (unpaired) electrons. The van der Waals surface area contributed by atoms with E-state index in [0.717, 1.165) is 22.3 Å². The van der Waals surface area contributed by atoms with Crippen LogP contribution in [0.3, 0.4) is 0 Å². The van der Waals surface area contributed by atoms with Crippen molar-refractivity contribution < 1.29 is 19.4 Å². The third-order valence-corrected chi connectivity index (χ3v) is 4.32. The van der Waals surface area contributed by atoms with Crippen LogP contribution in [0.5, 0.6) is 5.75 Å². The summed E-state index contributed by atoms with van der Waals surface area (Å²) < 4.78 is 5.11. The van der Waals surface area contributed by atoms with Gasteiger partial charge in [0.15, 0.2) is 6.61 Å². The number of benzene rings is 3. The van der Waals surface area contributed by atoms with Gasteiger partial charge < -0.3 is 15.2 Å². The summed E-state index contributed by atoms with van der Waals surface area (Å²) >= 11 is 0. The first kappa shape index (κ1) is 19.2. The van der Waals surface area contributed by atoms with Crippen LogP contribution in [-0.2, 0) is 9.53 Å². The van der Waals surface area contributed by atoms with Crippen LogP contribution in [0.25, 0.3) is 11.1 Å². The molecule has 0 bridgehead atoms. The number of nitrogens with one attached hydrogen (secondary N) is 1. The third kappa shape index (κ3) is 4.76. The number of carbonyl (C=O) groups excluding carboxylic acids is 2. The van der Waals surface area contributed by atoms with Crippen molar-refractivity contribution in [1.82, 2.24) is 0 Å². The number of phenols is 1. The fourth-order valence-corrected chi connectivity index (χ4v) is 2.72. The maximum Gasteiger partial charge on any atom is 0.338 e. The molecule has 0 heterocycles. The molecule has 0 unspecified atom stereocenters. The van der Waals surface area contributed by atoms with Crippen molar-refractivity contribution in [1.29, 1.82) is 0 Å². The SMILES string of the molecule is Cc1ccc(C)c(NC(=O)COC(=O)c2ccc(-c3ccc(O)cc3)cc2)c1. The normalized spacial score (nSPS) is 10.4. The summed E-state index contributed by atoms with van der Waals surface area (Å²) in [6, 6.07) is 19.4. The number of aromatic hydroxyl groups is 1. The Morgan fingerprint density at radius 2 is 1.50 bits per heavy atom. The lowest BCUT2D eigenvalue weighted by Crippen LogP contribution is -2.21. The Bertz CT molecular complexity index is 992. The van der Waals surface area contributed by atoms with E-state index in [9.17, 15) is 14.7 Å². The average Bonchev–Trinajstić information content (AvgIpc) is 2.70. The highest BCUT2D eigenvalue weighted by molar-refractivity contribution is 5.96. The molecule has 3 aromatic rings. The van der Waals surface area contributed by atoms with E-state index in [1.54, 1.807) is 48.5 Å². The van der Waals surface area contributed by atoms with Gasteiger partial charge in [-0.3, -0.25) is 4.79 Å². The summed E-state index contributed by atoms with van der Waals surface area (Å²) in [5.74, 6) is -0.751. The summed E-state index contributed by atoms with van der Waals surface area (Å²) in [5, 5.41) is 12.1. The zero-order valence-corrected chi connectivity index (χ0v) is 15.7. The Hall–Kier alpha value is -3.60. The minimum absolute atomic E-state index is 0.197. The number of hydrogen-bond donors (Lipinski definition) is 2. The molecule has 5 nitrogen and oxygen atoms in total. The monoisotopic (exact) mass is 375 g/mol. The molecule has 3 rings (SSSR count). The third-order valence-electron chi connectivity index (χ3n) is 4.32. The molecular weight excluding hydrogens is 354 g/mol. The molecule has 0 aliphatic rings. The standard InChI is InChI=1S/C23H21NO4/c1-15-3-4-16(2)21(13-15)24-22(26)14-28-23(27)19-7-5-17(6-8-19)18-9-11-20(25)12-10-18/h3-13,25H,14H2,1-2H3,(H,24,26). The van der Waals surface area contributed by atoms with Gasteiger partial charge in [0.2, 0.25) is 0 Å². The summed E-state index contributed by atoms with van der Waals surface area (Å²) in [5.41, 5.74) is 4.87. The maximum atomic E-state index is 12.2. The number of amides is 1. The van der Waals surface area contributed by atoms with Crippen molar-refractivity contribution >= 4 is 17.6 Å². The smallest absolute Gasteiger partial charge is 0.338 e. The molecule has 1 amide bonds. The van der Waals surface area contributed by atoms with Gasteiger partial charge in [-0.05, 0) is 66.4 Å². The van der Waals surface area contributed by atoms with Gasteiger partial charge in [-0.25, -0.2) is 4.79 Å². The van der Waals surface area contributed by atoms with E-state index in [0.29, 0.717) is 11.3 Å². The fraction of sp³-hybridized carbons (Fsp3) is 0.130. The second kappa shape index (κ2) is 8.39. The van der Waals surface area contributed by atoms with E-state index in [2.05, 4.69) is 5.32 Å². The number of carbonyl (C=O) groups is 2. The summed E-state index contributed by atoms with van der Waals surface area (Å²) in [6.07, 6.45) is 0. The quantitative estimate of drug-likeness (QED) is 0.645. The lowest BCUT2D eigenvalue weighted by molar-refractivity contribution is -0.119. The summed E-state index contributed by atoms with van der Waals surface area (Å²) in [7, 11) is 0. The van der Waals surface area contributed by atoms with Crippen molar-refractivity contribution in [2.24, 2.45) is 0 Å². The number of hydrogen-bond acceptors (Lipinski definition) is 4. The van der Waals surface area contributed by atoms with E-state index in [4.69, 9.17) is 4.74 Å². The first-order chi connectivity index (χ1) is 13.4. The Morgan fingerprint density at radius 3 is 2.14 bits per heavy atom. The molecule has 0 aliphatic carbocycles. The largest absolute Gasteiger partial charge is 0.508 e. The van der Waals surface area contributed by atoms with Crippen LogP contribution in [-0.4, -0.2) is 23.6 Å². The van der Waals surface area contributed by atoms with Gasteiger partial charge >= 0.3 is 5.97 Å². The highest BCUT2D eigenvalue weighted by Gasteiger charge is 2.11. The van der Waals surface area contributed by atoms with Crippen LogP contribution >= 0.6 is 0 Å². The highest BCUT2D eigenvalue weighted by atomic mass is 16.5. The van der Waals surface area contributed by atoms with E-state index in [1.165, 1.54) is 0 Å². The summed E-state index contributed by atoms with van der Waals surface area (Å²) in [4.78, 5) is 24.2. The summed E-state index contributed by atoms with van der Waals surface area (Å²) in [6.45, 7) is 3.49. The number of aryl methyl sites for hydroxylation is 2. The topological polar surface area (TPSA) is 75.6 Å². The van der Waals surface area contributed by atoms with Gasteiger partial charge in [0.25, 0.3) is 5.91 Å². The number of anilines is 1. The van der Waals surface area contributed by atoms with E-state index < -0.39 is 5.97 Å². The lowest BCUT2D eigenvalue weighted by atomic mass is 10.0. The van der Waals surface area contributed by atoms with E-state index in [-0.39, 0.29) is 18.3 Å². The molecule has 0 saturated heterocycles. The van der Waals surface area contributed by atoms with Crippen molar-refractivity contribution in [3.8, 4) is 16.9 Å². The van der Waals surface area contributed by atoms with Crippen molar-refractivity contribution in [3.63, 3.8) is 0 Å². The average molecular weight is 375 g/mol. The minimum atomic E-state index is -0.562. The molecular formula is C23H21NO4. The van der Waals surface area contributed by atoms with Crippen molar-refractivity contribution in [2.75, 3.05) is 11.9 Å². The fourth-order valence-electron chi connectivity index (χ4n) is 2.72. The number of esters is 1. The zero-order valence-electron chi connectivity index (χ0n) is 15.7. The van der Waals surface area contributed by atoms with Crippen molar-refractivity contribution in [2.45, 2.75) is 13.8 Å². The Morgan fingerprint density at radius 1 is 0.893 bits per heavy atom. The second-order valence-electron chi connectivity index (χ2n) is 6.57. The number of phenolic OH excluding ortho intramolecular Hbond substituents is 1. The van der Waals surface area contributed by atoms with E-state index >= 15 is 0 Å². The molecule has 2 N–H and O–H groups in total. The first-order valence-electron chi connectivity index (χ1n) is 8.86. The molecule has 28 heavy (non-hydrogen) atoms. The molecule has 0 spiro atoms. The van der Waals surface area contributed by atoms with Crippen LogP contribution in [0.2, 0.25) is 0 Å². The van der Waals surface area contributed by atoms with Crippen LogP contribution in [0.15, 0.2) is 66.7 Å². The van der Waals surface area contributed by atoms with Gasteiger partial charge in [-0.15, -0.1) is 0 Å². The first-order valence-corrected chi connectivity index (χ1v) is 8.86. The Labute approximate surface area is 163 Å². The molecule has 0 atom stereocenters. The highest BCUT2D eigenvalue weighted by Crippen LogP contribution is 2.22. The Kier molecular flexibility index (Phi) is 5.75. The van der Waals surface area contributed by atoms with Crippen LogP contribution < -0.4 is 5.32 Å². The molecule has 0 fully saturated rings. The van der Waals surface area contributed by atoms with Crippen molar-refractivity contribution in [3.05, 3.63) is 83.4 Å². The van der Waals surface area contributed by atoms with Gasteiger partial charge in [-0.1, -0.05) is 36.4 Å². The molecule has 0 aromatic heterocycles. The van der Waals surface area contributed by atoms with Crippen LogP contribution in [0, 0.1) is 13.8 Å². The van der Waals surface area contributed by atoms with Crippen LogP contribution in [0.1, 0.15) is 21.5 Å². The molecule has 0 saturated carbocycles. The van der Waals surface area contributed by atoms with Crippen LogP contribution in [0.4, 0.5) is 5.69 Å². The molecule has 5 heteroatoms. The molecule has 3 aromatic carbocycles. The zero-order chi connectivity index (χ0) is 20.1. The van der Waals surface area contributed by atoms with Gasteiger partial charge in [-0.2, -0.15) is 0 Å². The molecule has 0 aliphatic heterocycles. The number of rotatable bonds is 5. The predicted octanol–water partition coefficient (Wildman–Crippen LogP) is 4.47. The Balaban J connectivity index is 1.58. The second-order valence-corrected chi connectivity index (χ2v) is 6.57. The number of ether oxygens (including phenoxy) is 1. The van der Waals surface area contributed by atoms with E-state index in [1.807, 2.05) is 32.0 Å². The van der Waals surface area contributed by atoms with Gasteiger partial charge in [0.05, 0.1) is 5.56 Å². The van der Waals surface area contributed by atoms with Gasteiger partial charge in [0.1, 0.15) is 5.75 Å².